The molecule has 0 aliphatic heterocycles. The highest BCUT2D eigenvalue weighted by Crippen LogP contribution is 2.36. The molecular formula is C15H16ClF3N2O2. The quantitative estimate of drug-likeness (QED) is 0.796. The summed E-state index contributed by atoms with van der Waals surface area (Å²) in [5.41, 5.74) is -1.03. The molecule has 126 valence electrons. The summed E-state index contributed by atoms with van der Waals surface area (Å²) >= 11 is 5.50. The molecule has 0 saturated carbocycles. The van der Waals surface area contributed by atoms with Crippen LogP contribution in [0.25, 0.3) is 0 Å². The lowest BCUT2D eigenvalue weighted by Gasteiger charge is -2.18. The van der Waals surface area contributed by atoms with Gasteiger partial charge in [0, 0.05) is 32.1 Å². The molecule has 0 aromatic heterocycles. The number of amides is 2. The Hall–Kier alpha value is -2.02. The number of nitrogens with one attached hydrogen (secondary N) is 1. The number of alkyl halides is 3. The maximum Gasteiger partial charge on any atom is 0.417 e. The third-order valence-electron chi connectivity index (χ3n) is 2.96. The number of hydrogen-bond acceptors (Lipinski definition) is 2. The minimum Gasteiger partial charge on any atom is -0.339 e. The van der Waals surface area contributed by atoms with Gasteiger partial charge >= 0.3 is 6.18 Å². The summed E-state index contributed by atoms with van der Waals surface area (Å²) < 4.78 is 38.2. The Morgan fingerprint density at radius 2 is 2.04 bits per heavy atom. The summed E-state index contributed by atoms with van der Waals surface area (Å²) in [5, 5.41) is 1.92. The Morgan fingerprint density at radius 1 is 1.39 bits per heavy atom. The van der Waals surface area contributed by atoms with E-state index in [4.69, 9.17) is 11.6 Å². The summed E-state index contributed by atoms with van der Waals surface area (Å²) in [4.78, 5) is 24.5. The van der Waals surface area contributed by atoms with Gasteiger partial charge in [-0.05, 0) is 18.2 Å². The van der Waals surface area contributed by atoms with Crippen molar-refractivity contribution in [3.63, 3.8) is 0 Å². The highest BCUT2D eigenvalue weighted by atomic mass is 35.5. The highest BCUT2D eigenvalue weighted by molar-refractivity contribution is 6.31. The van der Waals surface area contributed by atoms with Crippen molar-refractivity contribution < 1.29 is 22.8 Å². The van der Waals surface area contributed by atoms with E-state index in [1.54, 1.807) is 0 Å². The van der Waals surface area contributed by atoms with Crippen molar-refractivity contribution in [2.75, 3.05) is 18.4 Å². The van der Waals surface area contributed by atoms with E-state index in [-0.39, 0.29) is 24.6 Å². The van der Waals surface area contributed by atoms with Crippen molar-refractivity contribution in [3.05, 3.63) is 41.4 Å². The topological polar surface area (TPSA) is 49.4 Å². The van der Waals surface area contributed by atoms with Gasteiger partial charge in [0.1, 0.15) is 0 Å². The SMILES string of the molecule is C=CCN(CCC(=O)Nc1ccc(Cl)c(C(F)(F)F)c1)C(C)=O. The van der Waals surface area contributed by atoms with Crippen LogP contribution in [0.5, 0.6) is 0 Å². The molecule has 1 aromatic carbocycles. The van der Waals surface area contributed by atoms with Crippen molar-refractivity contribution in [3.8, 4) is 0 Å². The van der Waals surface area contributed by atoms with Crippen LogP contribution >= 0.6 is 11.6 Å². The number of benzene rings is 1. The third kappa shape index (κ3) is 5.94. The molecule has 23 heavy (non-hydrogen) atoms. The van der Waals surface area contributed by atoms with Gasteiger partial charge in [-0.1, -0.05) is 17.7 Å². The van der Waals surface area contributed by atoms with E-state index in [9.17, 15) is 22.8 Å². The van der Waals surface area contributed by atoms with Crippen molar-refractivity contribution in [1.82, 2.24) is 4.90 Å². The zero-order valence-electron chi connectivity index (χ0n) is 12.4. The maximum absolute atomic E-state index is 12.7. The Morgan fingerprint density at radius 3 is 2.57 bits per heavy atom. The Balaban J connectivity index is 2.71. The predicted octanol–water partition coefficient (Wildman–Crippen LogP) is 3.72. The fourth-order valence-electron chi connectivity index (χ4n) is 1.81. The van der Waals surface area contributed by atoms with Crippen LogP contribution in [-0.2, 0) is 15.8 Å². The average Bonchev–Trinajstić information content (AvgIpc) is 2.44. The predicted molar refractivity (Wildman–Crippen MR) is 82.2 cm³/mol. The van der Waals surface area contributed by atoms with Gasteiger partial charge in [0.15, 0.2) is 0 Å². The molecule has 0 spiro atoms. The number of nitrogens with zero attached hydrogens (tertiary/aromatic N) is 1. The van der Waals surface area contributed by atoms with Crippen molar-refractivity contribution in [2.24, 2.45) is 0 Å². The van der Waals surface area contributed by atoms with Crippen LogP contribution < -0.4 is 5.32 Å². The first kappa shape index (κ1) is 19.0. The van der Waals surface area contributed by atoms with E-state index >= 15 is 0 Å². The van der Waals surface area contributed by atoms with E-state index in [2.05, 4.69) is 11.9 Å². The molecule has 1 rings (SSSR count). The van der Waals surface area contributed by atoms with Crippen molar-refractivity contribution in [2.45, 2.75) is 19.5 Å². The number of rotatable bonds is 6. The van der Waals surface area contributed by atoms with Crippen LogP contribution in [0, 0.1) is 0 Å². The molecule has 0 aliphatic rings. The summed E-state index contributed by atoms with van der Waals surface area (Å²) in [5.74, 6) is -0.723. The molecule has 0 atom stereocenters. The Bertz CT molecular complexity index is 603. The second-order valence-corrected chi connectivity index (χ2v) is 5.15. The lowest BCUT2D eigenvalue weighted by molar-refractivity contribution is -0.137. The molecule has 0 aliphatic carbocycles. The number of halogens is 4. The second kappa shape index (κ2) is 8.01. The van der Waals surface area contributed by atoms with Crippen LogP contribution in [0.4, 0.5) is 18.9 Å². The molecule has 1 aromatic rings. The molecule has 8 heteroatoms. The lowest BCUT2D eigenvalue weighted by atomic mass is 10.2. The molecule has 0 bridgehead atoms. The molecule has 2 amide bonds. The van der Waals surface area contributed by atoms with Crippen LogP contribution in [0.15, 0.2) is 30.9 Å². The van der Waals surface area contributed by atoms with Gasteiger partial charge in [0.05, 0.1) is 10.6 Å². The summed E-state index contributed by atoms with van der Waals surface area (Å²) in [6, 6.07) is 3.12. The Labute approximate surface area is 136 Å². The lowest BCUT2D eigenvalue weighted by Crippen LogP contribution is -2.32. The highest BCUT2D eigenvalue weighted by Gasteiger charge is 2.33. The molecule has 0 saturated heterocycles. The van der Waals surface area contributed by atoms with Gasteiger partial charge in [-0.3, -0.25) is 9.59 Å². The van der Waals surface area contributed by atoms with Gasteiger partial charge in [-0.25, -0.2) is 0 Å². The zero-order chi connectivity index (χ0) is 17.6. The molecule has 0 fully saturated rings. The van der Waals surface area contributed by atoms with Gasteiger partial charge in [0.25, 0.3) is 0 Å². The van der Waals surface area contributed by atoms with Crippen LogP contribution in [-0.4, -0.2) is 29.8 Å². The van der Waals surface area contributed by atoms with Crippen molar-refractivity contribution >= 4 is 29.1 Å². The normalized spacial score (nSPS) is 11.0. The molecule has 0 heterocycles. The first-order valence-electron chi connectivity index (χ1n) is 6.68. The standard InChI is InChI=1S/C15H16ClF3N2O2/c1-3-7-21(10(2)22)8-6-14(23)20-11-4-5-13(16)12(9-11)15(17,18)19/h3-5,9H,1,6-8H2,2H3,(H,20,23). The fraction of sp³-hybridized carbons (Fsp3) is 0.333. The first-order valence-corrected chi connectivity index (χ1v) is 7.06. The van der Waals surface area contributed by atoms with Crippen LogP contribution in [0.1, 0.15) is 18.9 Å². The van der Waals surface area contributed by atoms with Gasteiger partial charge < -0.3 is 10.2 Å². The molecule has 1 N–H and O–H groups in total. The Kier molecular flexibility index (Phi) is 6.62. The van der Waals surface area contributed by atoms with E-state index < -0.39 is 22.7 Å². The zero-order valence-corrected chi connectivity index (χ0v) is 13.2. The number of hydrogen-bond donors (Lipinski definition) is 1. The summed E-state index contributed by atoms with van der Waals surface area (Å²) in [6.07, 6.45) is -3.13. The van der Waals surface area contributed by atoms with Crippen LogP contribution in [0.3, 0.4) is 0 Å². The number of anilines is 1. The van der Waals surface area contributed by atoms with E-state index in [1.807, 2.05) is 0 Å². The van der Waals surface area contributed by atoms with E-state index in [0.29, 0.717) is 6.54 Å². The van der Waals surface area contributed by atoms with Crippen molar-refractivity contribution in [1.29, 1.82) is 0 Å². The van der Waals surface area contributed by atoms with Gasteiger partial charge in [-0.2, -0.15) is 13.2 Å². The average molecular weight is 349 g/mol. The maximum atomic E-state index is 12.7. The summed E-state index contributed by atoms with van der Waals surface area (Å²) in [7, 11) is 0. The molecule has 0 radical (unpaired) electrons. The van der Waals surface area contributed by atoms with E-state index in [1.165, 1.54) is 24.0 Å². The first-order chi connectivity index (χ1) is 10.6. The van der Waals surface area contributed by atoms with Crippen LogP contribution in [0.2, 0.25) is 5.02 Å². The number of carbonyl (C=O) groups is 2. The summed E-state index contributed by atoms with van der Waals surface area (Å²) in [6.45, 7) is 5.30. The molecule has 0 unspecified atom stereocenters. The second-order valence-electron chi connectivity index (χ2n) is 4.74. The minimum atomic E-state index is -4.60. The smallest absolute Gasteiger partial charge is 0.339 e. The largest absolute Gasteiger partial charge is 0.417 e. The van der Waals surface area contributed by atoms with Gasteiger partial charge in [-0.15, -0.1) is 6.58 Å². The van der Waals surface area contributed by atoms with E-state index in [0.717, 1.165) is 12.1 Å². The monoisotopic (exact) mass is 348 g/mol. The third-order valence-corrected chi connectivity index (χ3v) is 3.29. The minimum absolute atomic E-state index is 0.00943. The molecular weight excluding hydrogens is 333 g/mol. The fourth-order valence-corrected chi connectivity index (χ4v) is 2.04. The molecule has 4 nitrogen and oxygen atoms in total. The van der Waals surface area contributed by atoms with Gasteiger partial charge in [0.2, 0.25) is 11.8 Å². The number of carbonyl (C=O) groups excluding carboxylic acids is 2.